The summed E-state index contributed by atoms with van der Waals surface area (Å²) in [6, 6.07) is 0. The minimum Gasteiger partial charge on any atom is -0.251 e. The van der Waals surface area contributed by atoms with Gasteiger partial charge >= 0.3 is 0 Å². The van der Waals surface area contributed by atoms with Crippen molar-refractivity contribution >= 4 is 0 Å². The van der Waals surface area contributed by atoms with Crippen LogP contribution >= 0.6 is 0 Å². The molecule has 0 aromatic heterocycles. The third-order valence-electron chi connectivity index (χ3n) is 6.90. The summed E-state index contributed by atoms with van der Waals surface area (Å²) in [6.45, 7) is 2.30. The van der Waals surface area contributed by atoms with E-state index in [1.54, 1.807) is 0 Å². The van der Waals surface area contributed by atoms with Crippen LogP contribution in [0.25, 0.3) is 0 Å². The van der Waals surface area contributed by atoms with E-state index in [1.165, 1.54) is 32.1 Å². The van der Waals surface area contributed by atoms with Crippen molar-refractivity contribution in [3.05, 3.63) is 0 Å². The average Bonchev–Trinajstić information content (AvgIpc) is 2.91. The predicted octanol–water partition coefficient (Wildman–Crippen LogP) is 4.05. The summed E-state index contributed by atoms with van der Waals surface area (Å²) >= 11 is 0. The van der Waals surface area contributed by atoms with Gasteiger partial charge in [0.05, 0.1) is 6.67 Å². The second kappa shape index (κ2) is 3.03. The molecule has 4 aliphatic carbocycles. The average molecular weight is 222 g/mol. The molecule has 0 amide bonds. The van der Waals surface area contributed by atoms with Gasteiger partial charge < -0.3 is 0 Å². The van der Waals surface area contributed by atoms with E-state index in [4.69, 9.17) is 0 Å². The van der Waals surface area contributed by atoms with E-state index in [2.05, 4.69) is 6.92 Å². The van der Waals surface area contributed by atoms with Gasteiger partial charge in [0, 0.05) is 0 Å². The van der Waals surface area contributed by atoms with Crippen LogP contribution in [0.3, 0.4) is 0 Å². The van der Waals surface area contributed by atoms with E-state index in [0.29, 0.717) is 5.41 Å². The number of fused-ring (bicyclic) bond motifs is 9. The summed E-state index contributed by atoms with van der Waals surface area (Å²) in [5.74, 6) is 6.12. The van der Waals surface area contributed by atoms with E-state index < -0.39 is 0 Å². The Morgan fingerprint density at radius 1 is 1.06 bits per heavy atom. The highest BCUT2D eigenvalue weighted by molar-refractivity contribution is 5.13. The second-order valence-electron chi connectivity index (χ2n) is 7.39. The lowest BCUT2D eigenvalue weighted by molar-refractivity contribution is 0.0360. The fourth-order valence-electron chi connectivity index (χ4n) is 6.54. The molecule has 0 aromatic rings. The number of alkyl halides is 1. The van der Waals surface area contributed by atoms with Crippen molar-refractivity contribution in [2.45, 2.75) is 45.4 Å². The van der Waals surface area contributed by atoms with Crippen molar-refractivity contribution in [3.63, 3.8) is 0 Å². The van der Waals surface area contributed by atoms with Crippen LogP contribution in [-0.4, -0.2) is 6.67 Å². The molecule has 0 radical (unpaired) electrons. The van der Waals surface area contributed by atoms with E-state index in [-0.39, 0.29) is 6.67 Å². The molecule has 0 heterocycles. The highest BCUT2D eigenvalue weighted by atomic mass is 19.1. The first kappa shape index (κ1) is 9.91. The van der Waals surface area contributed by atoms with E-state index in [9.17, 15) is 4.39 Å². The lowest BCUT2D eigenvalue weighted by atomic mass is 9.61. The Bertz CT molecular complexity index is 313. The third kappa shape index (κ3) is 1.01. The zero-order valence-corrected chi connectivity index (χ0v) is 10.3. The molecular weight excluding hydrogens is 199 g/mol. The molecule has 4 fully saturated rings. The molecule has 0 aliphatic heterocycles. The topological polar surface area (TPSA) is 0 Å². The summed E-state index contributed by atoms with van der Waals surface area (Å²) in [4.78, 5) is 0. The summed E-state index contributed by atoms with van der Waals surface area (Å²) in [5.41, 5.74) is 0.380. The van der Waals surface area contributed by atoms with Gasteiger partial charge in [-0.05, 0) is 79.4 Å². The molecule has 0 saturated heterocycles. The van der Waals surface area contributed by atoms with Crippen molar-refractivity contribution < 1.29 is 4.39 Å². The maximum Gasteiger partial charge on any atom is 0.0899 e. The maximum atomic E-state index is 12.7. The minimum absolute atomic E-state index is 0.0921. The van der Waals surface area contributed by atoms with Crippen LogP contribution in [0.15, 0.2) is 0 Å². The second-order valence-corrected chi connectivity index (χ2v) is 7.39. The van der Waals surface area contributed by atoms with Crippen LogP contribution in [-0.2, 0) is 0 Å². The first-order valence-electron chi connectivity index (χ1n) is 7.29. The van der Waals surface area contributed by atoms with E-state index in [0.717, 1.165) is 41.9 Å². The van der Waals surface area contributed by atoms with Crippen LogP contribution in [0.4, 0.5) is 4.39 Å². The molecule has 1 heteroatoms. The lowest BCUT2D eigenvalue weighted by Gasteiger charge is -2.44. The van der Waals surface area contributed by atoms with Crippen LogP contribution < -0.4 is 0 Å². The van der Waals surface area contributed by atoms with Gasteiger partial charge in [-0.15, -0.1) is 0 Å². The smallest absolute Gasteiger partial charge is 0.0899 e. The zero-order valence-electron chi connectivity index (χ0n) is 10.3. The Labute approximate surface area is 98.0 Å². The van der Waals surface area contributed by atoms with Gasteiger partial charge in [-0.1, -0.05) is 6.92 Å². The van der Waals surface area contributed by atoms with Crippen molar-refractivity contribution in [1.29, 1.82) is 0 Å². The molecule has 4 saturated carbocycles. The molecule has 90 valence electrons. The van der Waals surface area contributed by atoms with E-state index >= 15 is 0 Å². The number of rotatable bonds is 2. The highest BCUT2D eigenvalue weighted by Gasteiger charge is 2.65. The van der Waals surface area contributed by atoms with Crippen molar-refractivity contribution in [2.75, 3.05) is 6.67 Å². The zero-order chi connectivity index (χ0) is 10.9. The predicted molar refractivity (Wildman–Crippen MR) is 62.7 cm³/mol. The van der Waals surface area contributed by atoms with Crippen LogP contribution in [0.5, 0.6) is 0 Å². The van der Waals surface area contributed by atoms with Gasteiger partial charge in [0.1, 0.15) is 0 Å². The minimum atomic E-state index is -0.0921. The molecule has 0 nitrogen and oxygen atoms in total. The third-order valence-corrected chi connectivity index (χ3v) is 6.90. The van der Waals surface area contributed by atoms with Crippen LogP contribution in [0.1, 0.15) is 45.4 Å². The Kier molecular flexibility index (Phi) is 1.88. The maximum absolute atomic E-state index is 12.7. The van der Waals surface area contributed by atoms with Crippen molar-refractivity contribution in [2.24, 2.45) is 40.9 Å². The molecule has 7 unspecified atom stereocenters. The molecule has 16 heavy (non-hydrogen) atoms. The van der Waals surface area contributed by atoms with E-state index in [1.807, 2.05) is 0 Å². The number of halogens is 1. The molecule has 0 N–H and O–H groups in total. The Balaban J connectivity index is 1.65. The molecule has 7 atom stereocenters. The molecule has 0 spiro atoms. The van der Waals surface area contributed by atoms with Gasteiger partial charge in [-0.3, -0.25) is 4.39 Å². The first-order valence-corrected chi connectivity index (χ1v) is 7.29. The Morgan fingerprint density at radius 2 is 1.81 bits per heavy atom. The van der Waals surface area contributed by atoms with Crippen molar-refractivity contribution in [1.82, 2.24) is 0 Å². The monoisotopic (exact) mass is 222 g/mol. The summed E-state index contributed by atoms with van der Waals surface area (Å²) in [5, 5.41) is 0. The fraction of sp³-hybridized carbons (Fsp3) is 1.00. The first-order chi connectivity index (χ1) is 7.73. The Hall–Kier alpha value is -0.0700. The van der Waals surface area contributed by atoms with Gasteiger partial charge in [-0.2, -0.15) is 0 Å². The quantitative estimate of drug-likeness (QED) is 0.618. The van der Waals surface area contributed by atoms with Gasteiger partial charge in [0.25, 0.3) is 0 Å². The summed E-state index contributed by atoms with van der Waals surface area (Å²) < 4.78 is 12.7. The standard InChI is InChI=1S/C15H23F/c1-15(4-5-16)8-11-7-12(15)14-10-3-2-9(6-10)13(11)14/h9-14H,2-8H2,1H3. The number of hydrogen-bond acceptors (Lipinski definition) is 0. The Morgan fingerprint density at radius 3 is 2.56 bits per heavy atom. The number of hydrogen-bond donors (Lipinski definition) is 0. The molecule has 4 rings (SSSR count). The van der Waals surface area contributed by atoms with Gasteiger partial charge in [0.15, 0.2) is 0 Å². The lowest BCUT2D eigenvalue weighted by Crippen LogP contribution is -2.38. The largest absolute Gasteiger partial charge is 0.251 e. The summed E-state index contributed by atoms with van der Waals surface area (Å²) in [7, 11) is 0. The molecule has 4 aliphatic rings. The van der Waals surface area contributed by atoms with Crippen LogP contribution in [0, 0.1) is 40.9 Å². The highest BCUT2D eigenvalue weighted by Crippen LogP contribution is 2.72. The summed E-state index contributed by atoms with van der Waals surface area (Å²) in [6.07, 6.45) is 8.21. The normalized spacial score (nSPS) is 61.9. The molecular formula is C15H23F. The molecule has 4 bridgehead atoms. The van der Waals surface area contributed by atoms with Gasteiger partial charge in [0.2, 0.25) is 0 Å². The van der Waals surface area contributed by atoms with Crippen molar-refractivity contribution in [3.8, 4) is 0 Å². The van der Waals surface area contributed by atoms with Gasteiger partial charge in [-0.25, -0.2) is 0 Å². The van der Waals surface area contributed by atoms with Crippen LogP contribution in [0.2, 0.25) is 0 Å². The molecule has 0 aromatic carbocycles. The fourth-order valence-corrected chi connectivity index (χ4v) is 6.54. The SMILES string of the molecule is CC1(CCF)CC2CC1C1C3CCC(C3)C21.